The smallest absolute Gasteiger partial charge is 0.290 e. The predicted octanol–water partition coefficient (Wildman–Crippen LogP) is 2.44. The van der Waals surface area contributed by atoms with Crippen LogP contribution in [0.15, 0.2) is 41.5 Å². The maximum absolute atomic E-state index is 11.4. The summed E-state index contributed by atoms with van der Waals surface area (Å²) >= 11 is 0. The number of benzene rings is 1. The SMILES string of the molecule is CC1=C2[C@@H](O)[C@@H](O)[C@]3(C)[C@@H](O)C[C@H]4OC[C@H]4C34C[C@](O)(CC1)[C@]24C.Cc1ccccc1.O=CO. The molecule has 7 nitrogen and oxygen atoms in total. The molecule has 1 saturated heterocycles. The van der Waals surface area contributed by atoms with Crippen molar-refractivity contribution in [1.82, 2.24) is 0 Å². The molecular weight excluding hydrogens is 436 g/mol. The lowest BCUT2D eigenvalue weighted by molar-refractivity contribution is -0.416. The Morgan fingerprint density at radius 2 is 1.71 bits per heavy atom. The number of hydrogen-bond acceptors (Lipinski definition) is 6. The number of hydrogen-bond donors (Lipinski definition) is 5. The van der Waals surface area contributed by atoms with E-state index in [9.17, 15) is 20.4 Å². The summed E-state index contributed by atoms with van der Waals surface area (Å²) in [4.78, 5) is 8.36. The van der Waals surface area contributed by atoms with Crippen molar-refractivity contribution < 1.29 is 35.1 Å². The number of aliphatic hydroxyl groups excluding tert-OH is 3. The van der Waals surface area contributed by atoms with Gasteiger partial charge in [-0.05, 0) is 38.7 Å². The van der Waals surface area contributed by atoms with Gasteiger partial charge in [-0.3, -0.25) is 4.79 Å². The van der Waals surface area contributed by atoms with Gasteiger partial charge in [-0.2, -0.15) is 0 Å². The first-order chi connectivity index (χ1) is 16.0. The quantitative estimate of drug-likeness (QED) is 0.289. The molecule has 34 heavy (non-hydrogen) atoms. The molecule has 1 aromatic rings. The Bertz CT molecular complexity index is 963. The molecule has 5 N–H and O–H groups in total. The first kappa shape index (κ1) is 25.3. The molecule has 1 heterocycles. The lowest BCUT2D eigenvalue weighted by Crippen LogP contribution is -2.88. The lowest BCUT2D eigenvalue weighted by atomic mass is 9.22. The van der Waals surface area contributed by atoms with Gasteiger partial charge >= 0.3 is 0 Å². The molecule has 4 aliphatic carbocycles. The zero-order valence-electron chi connectivity index (χ0n) is 20.4. The Labute approximate surface area is 201 Å². The van der Waals surface area contributed by atoms with Crippen LogP contribution in [0.2, 0.25) is 0 Å². The average molecular weight is 475 g/mol. The summed E-state index contributed by atoms with van der Waals surface area (Å²) in [5.41, 5.74) is 0.511. The molecule has 9 atom stereocenters. The average Bonchev–Trinajstić information content (AvgIpc) is 2.77. The number of aryl methyl sites for hydroxylation is 1. The monoisotopic (exact) mass is 474 g/mol. The van der Waals surface area contributed by atoms with Crippen LogP contribution in [0.4, 0.5) is 0 Å². The summed E-state index contributed by atoms with van der Waals surface area (Å²) in [5.74, 6) is 0.222. The second-order valence-electron chi connectivity index (χ2n) is 11.2. The van der Waals surface area contributed by atoms with E-state index in [2.05, 4.69) is 26.0 Å². The van der Waals surface area contributed by atoms with Crippen LogP contribution in [-0.4, -0.2) is 68.6 Å². The third-order valence-corrected chi connectivity index (χ3v) is 10.1. The van der Waals surface area contributed by atoms with Crippen molar-refractivity contribution in [3.8, 4) is 0 Å². The number of carbonyl (C=O) groups is 1. The molecule has 0 bridgehead atoms. The minimum atomic E-state index is -1.02. The molecule has 1 spiro atoms. The molecule has 7 heteroatoms. The Kier molecular flexibility index (Phi) is 6.27. The maximum atomic E-state index is 11.4. The molecular formula is C27H38O7. The minimum absolute atomic E-state index is 0.000348. The predicted molar refractivity (Wildman–Crippen MR) is 126 cm³/mol. The molecule has 0 radical (unpaired) electrons. The standard InChI is InChI=1S/C19H28O5.C7H8.CH2O2/c1-9-4-5-18(23)8-19-10-7-24-11(10)6-12(20)16(19,2)15(22)14(21)13(9)17(18,19)3;1-7-5-3-2-4-6-7;2-1-3/h10-12,14-15,20-23H,4-8H2,1-3H3;2-6H,1H3;1H,(H,2,3)/t10-,11-,12+,14-,15-,16+,17+,18-,19?;;/m1../s1. The topological polar surface area (TPSA) is 127 Å². The Balaban J connectivity index is 0.000000231. The molecule has 188 valence electrons. The van der Waals surface area contributed by atoms with Crippen molar-refractivity contribution in [3.05, 3.63) is 47.0 Å². The molecule has 0 amide bonds. The second-order valence-corrected chi connectivity index (χ2v) is 11.2. The Morgan fingerprint density at radius 3 is 2.21 bits per heavy atom. The Hall–Kier alpha value is -1.77. The van der Waals surface area contributed by atoms with Crippen molar-refractivity contribution >= 4 is 6.47 Å². The number of aliphatic hydroxyl groups is 4. The molecule has 0 aromatic heterocycles. The zero-order valence-corrected chi connectivity index (χ0v) is 20.4. The van der Waals surface area contributed by atoms with Gasteiger partial charge in [-0.25, -0.2) is 0 Å². The van der Waals surface area contributed by atoms with Crippen LogP contribution in [0.3, 0.4) is 0 Å². The highest BCUT2D eigenvalue weighted by Gasteiger charge is 2.87. The van der Waals surface area contributed by atoms with Gasteiger partial charge in [0.2, 0.25) is 0 Å². The third-order valence-electron chi connectivity index (χ3n) is 10.1. The van der Waals surface area contributed by atoms with Gasteiger partial charge in [0.05, 0.1) is 30.5 Å². The normalized spacial score (nSPS) is 47.6. The fraction of sp³-hybridized carbons (Fsp3) is 0.667. The number of rotatable bonds is 0. The fourth-order valence-electron chi connectivity index (χ4n) is 8.35. The highest BCUT2D eigenvalue weighted by molar-refractivity contribution is 5.48. The zero-order chi connectivity index (χ0) is 25.1. The van der Waals surface area contributed by atoms with Gasteiger partial charge in [0.1, 0.15) is 6.10 Å². The van der Waals surface area contributed by atoms with Gasteiger partial charge in [0, 0.05) is 28.6 Å². The number of allylic oxidation sites excluding steroid dienone is 1. The van der Waals surface area contributed by atoms with Gasteiger partial charge < -0.3 is 30.3 Å². The van der Waals surface area contributed by atoms with Crippen molar-refractivity contribution in [2.75, 3.05) is 6.61 Å². The first-order valence-electron chi connectivity index (χ1n) is 12.1. The van der Waals surface area contributed by atoms with Crippen LogP contribution in [0.25, 0.3) is 0 Å². The van der Waals surface area contributed by atoms with Crippen LogP contribution in [0.1, 0.15) is 52.0 Å². The highest BCUT2D eigenvalue weighted by atomic mass is 16.5. The van der Waals surface area contributed by atoms with Gasteiger partial charge in [-0.1, -0.05) is 55.3 Å². The van der Waals surface area contributed by atoms with Gasteiger partial charge in [0.15, 0.2) is 0 Å². The molecule has 6 rings (SSSR count). The van der Waals surface area contributed by atoms with E-state index in [1.807, 2.05) is 32.0 Å². The van der Waals surface area contributed by atoms with E-state index < -0.39 is 40.2 Å². The van der Waals surface area contributed by atoms with Crippen molar-refractivity contribution in [3.63, 3.8) is 0 Å². The second kappa shape index (κ2) is 8.42. The number of carboxylic acid groups (broad SMARTS) is 1. The van der Waals surface area contributed by atoms with Gasteiger partial charge in [-0.15, -0.1) is 0 Å². The van der Waals surface area contributed by atoms with E-state index in [4.69, 9.17) is 14.6 Å². The van der Waals surface area contributed by atoms with Crippen LogP contribution >= 0.6 is 0 Å². The third kappa shape index (κ3) is 2.91. The van der Waals surface area contributed by atoms with Crippen LogP contribution in [0, 0.1) is 29.1 Å². The summed E-state index contributed by atoms with van der Waals surface area (Å²) in [6.07, 6.45) is -0.260. The highest BCUT2D eigenvalue weighted by Crippen LogP contribution is 2.84. The molecule has 1 aromatic carbocycles. The maximum Gasteiger partial charge on any atom is 0.290 e. The summed E-state index contributed by atoms with van der Waals surface area (Å²) in [7, 11) is 0. The number of fused-ring (bicyclic) bond motifs is 1. The van der Waals surface area contributed by atoms with E-state index in [0.717, 1.165) is 17.6 Å². The molecule has 3 saturated carbocycles. The largest absolute Gasteiger partial charge is 0.483 e. The van der Waals surface area contributed by atoms with Crippen molar-refractivity contribution in [2.45, 2.75) is 83.4 Å². The van der Waals surface area contributed by atoms with E-state index in [-0.39, 0.29) is 18.5 Å². The molecule has 5 aliphatic rings. The minimum Gasteiger partial charge on any atom is -0.483 e. The van der Waals surface area contributed by atoms with E-state index in [1.54, 1.807) is 0 Å². The lowest BCUT2D eigenvalue weighted by Gasteiger charge is -2.84. The molecule has 4 fully saturated rings. The Morgan fingerprint density at radius 1 is 1.09 bits per heavy atom. The van der Waals surface area contributed by atoms with Crippen molar-refractivity contribution in [2.24, 2.45) is 22.2 Å². The molecule has 1 unspecified atom stereocenters. The fourth-order valence-corrected chi connectivity index (χ4v) is 8.35. The first-order valence-corrected chi connectivity index (χ1v) is 12.1. The molecule has 1 aliphatic heterocycles. The summed E-state index contributed by atoms with van der Waals surface area (Å²) in [6, 6.07) is 10.3. The number of ether oxygens (including phenoxy) is 1. The van der Waals surface area contributed by atoms with Crippen LogP contribution in [0.5, 0.6) is 0 Å². The summed E-state index contributed by atoms with van der Waals surface area (Å²) in [6.45, 7) is 8.45. The van der Waals surface area contributed by atoms with E-state index >= 15 is 0 Å². The van der Waals surface area contributed by atoms with E-state index in [0.29, 0.717) is 25.9 Å². The van der Waals surface area contributed by atoms with Crippen LogP contribution in [-0.2, 0) is 9.53 Å². The van der Waals surface area contributed by atoms with E-state index in [1.165, 1.54) is 5.56 Å². The van der Waals surface area contributed by atoms with Gasteiger partial charge in [0.25, 0.3) is 6.47 Å². The summed E-state index contributed by atoms with van der Waals surface area (Å²) < 4.78 is 5.73. The summed E-state index contributed by atoms with van der Waals surface area (Å²) in [5, 5.41) is 51.4. The van der Waals surface area contributed by atoms with Crippen molar-refractivity contribution in [1.29, 1.82) is 0 Å². The van der Waals surface area contributed by atoms with Crippen LogP contribution < -0.4 is 0 Å².